The molecule has 6 heteroatoms. The van der Waals surface area contributed by atoms with Crippen molar-refractivity contribution in [2.75, 3.05) is 5.32 Å². The Kier molecular flexibility index (Phi) is 5.70. The maximum atomic E-state index is 12.3. The van der Waals surface area contributed by atoms with Gasteiger partial charge in [-0.15, -0.1) is 0 Å². The second-order valence-electron chi connectivity index (χ2n) is 6.79. The van der Waals surface area contributed by atoms with Gasteiger partial charge in [0.1, 0.15) is 5.15 Å². The lowest BCUT2D eigenvalue weighted by Crippen LogP contribution is -2.46. The van der Waals surface area contributed by atoms with Crippen molar-refractivity contribution < 1.29 is 4.79 Å². The molecule has 1 saturated carbocycles. The van der Waals surface area contributed by atoms with E-state index in [4.69, 9.17) is 23.2 Å². The van der Waals surface area contributed by atoms with Crippen LogP contribution in [0.5, 0.6) is 0 Å². The van der Waals surface area contributed by atoms with E-state index in [1.807, 2.05) is 6.92 Å². The third kappa shape index (κ3) is 4.83. The monoisotopic (exact) mass is 343 g/mol. The van der Waals surface area contributed by atoms with Gasteiger partial charge in [-0.3, -0.25) is 4.79 Å². The number of pyridine rings is 1. The largest absolute Gasteiger partial charge is 0.322 e. The molecule has 0 spiro atoms. The first-order chi connectivity index (χ1) is 10.3. The number of rotatable bonds is 4. The van der Waals surface area contributed by atoms with Crippen LogP contribution >= 0.6 is 23.2 Å². The molecule has 1 aromatic rings. The number of halogens is 2. The molecule has 2 rings (SSSR count). The Balaban J connectivity index is 1.87. The van der Waals surface area contributed by atoms with Crippen LogP contribution in [0.1, 0.15) is 46.5 Å². The zero-order valence-corrected chi connectivity index (χ0v) is 14.8. The lowest BCUT2D eigenvalue weighted by molar-refractivity contribution is -0.118. The van der Waals surface area contributed by atoms with Crippen molar-refractivity contribution in [3.05, 3.63) is 22.4 Å². The molecular formula is C16H23Cl2N3O. The third-order valence-electron chi connectivity index (χ3n) is 4.29. The summed E-state index contributed by atoms with van der Waals surface area (Å²) in [7, 11) is 0. The van der Waals surface area contributed by atoms with Crippen LogP contribution in [0.15, 0.2) is 12.1 Å². The standard InChI is InChI=1S/C16H23Cl2N3O/c1-10(19-11-6-8-16(2,3)9-7-11)15(22)20-12-4-5-13(17)21-14(12)18/h4-5,10-11,19H,6-9H2,1-3H3,(H,20,22)/t10-/m1/s1. The normalized spacial score (nSPS) is 19.7. The van der Waals surface area contributed by atoms with E-state index in [1.54, 1.807) is 12.1 Å². The van der Waals surface area contributed by atoms with E-state index in [0.29, 0.717) is 22.3 Å². The Bertz CT molecular complexity index is 538. The second-order valence-corrected chi connectivity index (χ2v) is 7.53. The van der Waals surface area contributed by atoms with E-state index in [-0.39, 0.29) is 17.1 Å². The molecule has 0 aliphatic heterocycles. The minimum atomic E-state index is -0.280. The van der Waals surface area contributed by atoms with Gasteiger partial charge in [-0.25, -0.2) is 4.98 Å². The molecule has 122 valence electrons. The van der Waals surface area contributed by atoms with Crippen LogP contribution in [-0.2, 0) is 4.79 Å². The number of nitrogens with one attached hydrogen (secondary N) is 2. The topological polar surface area (TPSA) is 54.0 Å². The Morgan fingerprint density at radius 2 is 1.95 bits per heavy atom. The summed E-state index contributed by atoms with van der Waals surface area (Å²) in [6.07, 6.45) is 4.58. The zero-order chi connectivity index (χ0) is 16.3. The zero-order valence-electron chi connectivity index (χ0n) is 13.2. The lowest BCUT2D eigenvalue weighted by atomic mass is 9.75. The van der Waals surface area contributed by atoms with Crippen LogP contribution in [0, 0.1) is 5.41 Å². The highest BCUT2D eigenvalue weighted by molar-refractivity contribution is 6.34. The predicted octanol–water partition coefficient (Wildman–Crippen LogP) is 4.27. The summed E-state index contributed by atoms with van der Waals surface area (Å²) in [6.45, 7) is 6.47. The Hall–Kier alpha value is -0.840. The van der Waals surface area contributed by atoms with Crippen molar-refractivity contribution in [2.45, 2.75) is 58.5 Å². The summed E-state index contributed by atoms with van der Waals surface area (Å²) >= 11 is 11.7. The van der Waals surface area contributed by atoms with Gasteiger partial charge in [0.15, 0.2) is 5.15 Å². The van der Waals surface area contributed by atoms with Crippen LogP contribution in [0.3, 0.4) is 0 Å². The number of aromatic nitrogens is 1. The summed E-state index contributed by atoms with van der Waals surface area (Å²) < 4.78 is 0. The highest BCUT2D eigenvalue weighted by Crippen LogP contribution is 2.35. The molecule has 0 unspecified atom stereocenters. The Morgan fingerprint density at radius 3 is 2.55 bits per heavy atom. The highest BCUT2D eigenvalue weighted by Gasteiger charge is 2.28. The van der Waals surface area contributed by atoms with Crippen LogP contribution < -0.4 is 10.6 Å². The summed E-state index contributed by atoms with van der Waals surface area (Å²) in [5, 5.41) is 6.70. The van der Waals surface area contributed by atoms with Gasteiger partial charge in [-0.2, -0.15) is 0 Å². The minimum Gasteiger partial charge on any atom is -0.322 e. The van der Waals surface area contributed by atoms with Crippen molar-refractivity contribution in [2.24, 2.45) is 5.41 Å². The Labute approximate surface area is 142 Å². The van der Waals surface area contributed by atoms with Crippen molar-refractivity contribution in [1.29, 1.82) is 0 Å². The van der Waals surface area contributed by atoms with Gasteiger partial charge < -0.3 is 10.6 Å². The molecule has 1 amide bonds. The molecular weight excluding hydrogens is 321 g/mol. The fraction of sp³-hybridized carbons (Fsp3) is 0.625. The van der Waals surface area contributed by atoms with Gasteiger partial charge >= 0.3 is 0 Å². The minimum absolute atomic E-state index is 0.115. The molecule has 22 heavy (non-hydrogen) atoms. The smallest absolute Gasteiger partial charge is 0.241 e. The van der Waals surface area contributed by atoms with E-state index >= 15 is 0 Å². The molecule has 1 fully saturated rings. The molecule has 1 aliphatic rings. The van der Waals surface area contributed by atoms with E-state index in [0.717, 1.165) is 12.8 Å². The van der Waals surface area contributed by atoms with Gasteiger partial charge in [0.25, 0.3) is 0 Å². The van der Waals surface area contributed by atoms with E-state index < -0.39 is 0 Å². The average Bonchev–Trinajstić information content (AvgIpc) is 2.44. The quantitative estimate of drug-likeness (QED) is 0.802. The molecule has 2 N–H and O–H groups in total. The lowest BCUT2D eigenvalue weighted by Gasteiger charge is -2.35. The number of nitrogens with zero attached hydrogens (tertiary/aromatic N) is 1. The molecule has 0 bridgehead atoms. The van der Waals surface area contributed by atoms with Crippen LogP contribution in [0.2, 0.25) is 10.3 Å². The molecule has 0 saturated heterocycles. The molecule has 1 heterocycles. The van der Waals surface area contributed by atoms with Gasteiger partial charge in [0.05, 0.1) is 11.7 Å². The molecule has 1 atom stereocenters. The van der Waals surface area contributed by atoms with Crippen LogP contribution in [0.4, 0.5) is 5.69 Å². The predicted molar refractivity (Wildman–Crippen MR) is 91.5 cm³/mol. The highest BCUT2D eigenvalue weighted by atomic mass is 35.5. The first-order valence-electron chi connectivity index (χ1n) is 7.66. The van der Waals surface area contributed by atoms with E-state index in [2.05, 4.69) is 29.5 Å². The van der Waals surface area contributed by atoms with Gasteiger partial charge in [0, 0.05) is 6.04 Å². The first-order valence-corrected chi connectivity index (χ1v) is 8.41. The van der Waals surface area contributed by atoms with Crippen molar-refractivity contribution in [1.82, 2.24) is 10.3 Å². The summed E-state index contributed by atoms with van der Waals surface area (Å²) in [5.74, 6) is -0.115. The van der Waals surface area contributed by atoms with E-state index in [9.17, 15) is 4.79 Å². The maximum Gasteiger partial charge on any atom is 0.241 e. The number of hydrogen-bond donors (Lipinski definition) is 2. The number of hydrogen-bond acceptors (Lipinski definition) is 3. The third-order valence-corrected chi connectivity index (χ3v) is 4.79. The van der Waals surface area contributed by atoms with Gasteiger partial charge in [-0.1, -0.05) is 37.0 Å². The summed E-state index contributed by atoms with van der Waals surface area (Å²) in [5.41, 5.74) is 0.904. The van der Waals surface area contributed by atoms with Crippen LogP contribution in [0.25, 0.3) is 0 Å². The second kappa shape index (κ2) is 7.16. The SMILES string of the molecule is C[C@@H](NC1CCC(C)(C)CC1)C(=O)Nc1ccc(Cl)nc1Cl. The maximum absolute atomic E-state index is 12.3. The first kappa shape index (κ1) is 17.5. The van der Waals surface area contributed by atoms with Gasteiger partial charge in [0.2, 0.25) is 5.91 Å². The van der Waals surface area contributed by atoms with Crippen LogP contribution in [-0.4, -0.2) is 23.0 Å². The van der Waals surface area contributed by atoms with Crippen molar-refractivity contribution >= 4 is 34.8 Å². The number of amides is 1. The Morgan fingerprint density at radius 1 is 1.32 bits per heavy atom. The molecule has 1 aromatic heterocycles. The average molecular weight is 344 g/mol. The number of anilines is 1. The van der Waals surface area contributed by atoms with Gasteiger partial charge in [-0.05, 0) is 50.2 Å². The fourth-order valence-electron chi connectivity index (χ4n) is 2.74. The number of carbonyl (C=O) groups is 1. The van der Waals surface area contributed by atoms with Crippen molar-refractivity contribution in [3.63, 3.8) is 0 Å². The molecule has 0 aromatic carbocycles. The summed E-state index contributed by atoms with van der Waals surface area (Å²) in [4.78, 5) is 16.2. The molecule has 0 radical (unpaired) electrons. The molecule has 4 nitrogen and oxygen atoms in total. The fourth-order valence-corrected chi connectivity index (χ4v) is 3.13. The number of carbonyl (C=O) groups excluding carboxylic acids is 1. The summed E-state index contributed by atoms with van der Waals surface area (Å²) in [6, 6.07) is 3.38. The molecule has 1 aliphatic carbocycles. The van der Waals surface area contributed by atoms with E-state index in [1.165, 1.54) is 12.8 Å². The van der Waals surface area contributed by atoms with Crippen molar-refractivity contribution in [3.8, 4) is 0 Å².